The zero-order valence-electron chi connectivity index (χ0n) is 7.83. The van der Waals surface area contributed by atoms with Gasteiger partial charge in [0.1, 0.15) is 5.17 Å². The van der Waals surface area contributed by atoms with Gasteiger partial charge in [-0.3, -0.25) is 0 Å². The predicted octanol–water partition coefficient (Wildman–Crippen LogP) is 4.15. The highest BCUT2D eigenvalue weighted by Gasteiger charge is 1.93. The highest BCUT2D eigenvalue weighted by Crippen LogP contribution is 2.13. The van der Waals surface area contributed by atoms with Gasteiger partial charge in [0, 0.05) is 6.42 Å². The van der Waals surface area contributed by atoms with Crippen LogP contribution in [0.4, 0.5) is 5.69 Å². The van der Waals surface area contributed by atoms with Crippen LogP contribution in [-0.4, -0.2) is 5.17 Å². The minimum Gasteiger partial charge on any atom is -0.241 e. The number of para-hydroxylation sites is 1. The molecule has 2 heteroatoms. The number of halogens is 1. The van der Waals surface area contributed by atoms with Gasteiger partial charge in [0.2, 0.25) is 0 Å². The number of nitrogens with zero attached hydrogens (tertiary/aromatic N) is 1. The number of benzene rings is 1. The van der Waals surface area contributed by atoms with E-state index in [4.69, 9.17) is 11.6 Å². The molecule has 0 spiro atoms. The minimum atomic E-state index is 0.702. The van der Waals surface area contributed by atoms with Crippen LogP contribution in [0, 0.1) is 0 Å². The third kappa shape index (κ3) is 4.09. The molecule has 0 heterocycles. The SMILES string of the molecule is CCCCC(Cl)=Nc1ccccc1. The number of rotatable bonds is 4. The summed E-state index contributed by atoms with van der Waals surface area (Å²) in [6.07, 6.45) is 3.14. The summed E-state index contributed by atoms with van der Waals surface area (Å²) in [6.45, 7) is 2.15. The molecule has 1 aromatic carbocycles. The molecule has 0 fully saturated rings. The van der Waals surface area contributed by atoms with Crippen LogP contribution >= 0.6 is 11.6 Å². The molecule has 1 aromatic rings. The molecule has 0 unspecified atom stereocenters. The van der Waals surface area contributed by atoms with E-state index in [2.05, 4.69) is 11.9 Å². The number of aliphatic imine (C=N–C) groups is 1. The molecule has 0 radical (unpaired) electrons. The van der Waals surface area contributed by atoms with Gasteiger partial charge < -0.3 is 0 Å². The molecule has 1 rings (SSSR count). The molecule has 1 nitrogen and oxygen atoms in total. The van der Waals surface area contributed by atoms with Crippen LogP contribution in [0.25, 0.3) is 0 Å². The molecule has 0 saturated carbocycles. The summed E-state index contributed by atoms with van der Waals surface area (Å²) in [5.41, 5.74) is 0.934. The van der Waals surface area contributed by atoms with E-state index in [0.717, 1.165) is 24.9 Å². The van der Waals surface area contributed by atoms with Crippen molar-refractivity contribution in [2.24, 2.45) is 4.99 Å². The van der Waals surface area contributed by atoms with Crippen LogP contribution in [-0.2, 0) is 0 Å². The second-order valence-corrected chi connectivity index (χ2v) is 3.36. The Labute approximate surface area is 84.5 Å². The van der Waals surface area contributed by atoms with Gasteiger partial charge in [-0.15, -0.1) is 0 Å². The van der Waals surface area contributed by atoms with Gasteiger partial charge in [0.05, 0.1) is 5.69 Å². The molecular formula is C11H14ClN. The molecular weight excluding hydrogens is 182 g/mol. The summed E-state index contributed by atoms with van der Waals surface area (Å²) in [6, 6.07) is 9.80. The minimum absolute atomic E-state index is 0.702. The van der Waals surface area contributed by atoms with E-state index in [0.29, 0.717) is 5.17 Å². The van der Waals surface area contributed by atoms with Gasteiger partial charge in [-0.2, -0.15) is 0 Å². The maximum absolute atomic E-state index is 5.94. The highest BCUT2D eigenvalue weighted by molar-refractivity contribution is 6.65. The molecule has 13 heavy (non-hydrogen) atoms. The molecule has 0 aromatic heterocycles. The molecule has 0 atom stereocenters. The van der Waals surface area contributed by atoms with Crippen LogP contribution in [0.5, 0.6) is 0 Å². The zero-order chi connectivity index (χ0) is 9.52. The molecule has 0 aliphatic heterocycles. The van der Waals surface area contributed by atoms with Crippen LogP contribution in [0.3, 0.4) is 0 Å². The Kier molecular flexibility index (Phi) is 4.55. The van der Waals surface area contributed by atoms with E-state index in [1.54, 1.807) is 0 Å². The third-order valence-corrected chi connectivity index (χ3v) is 2.02. The van der Waals surface area contributed by atoms with E-state index >= 15 is 0 Å². The van der Waals surface area contributed by atoms with Crippen LogP contribution in [0.1, 0.15) is 26.2 Å². The lowest BCUT2D eigenvalue weighted by molar-refractivity contribution is 0.840. The molecule has 0 aliphatic rings. The smallest absolute Gasteiger partial charge is 0.106 e. The predicted molar refractivity (Wildman–Crippen MR) is 58.9 cm³/mol. The first-order valence-corrected chi connectivity index (χ1v) is 4.99. The second kappa shape index (κ2) is 5.76. The zero-order valence-corrected chi connectivity index (χ0v) is 8.59. The Morgan fingerprint density at radius 2 is 2.00 bits per heavy atom. The van der Waals surface area contributed by atoms with Crippen molar-refractivity contribution in [1.29, 1.82) is 0 Å². The lowest BCUT2D eigenvalue weighted by Crippen LogP contribution is -1.85. The lowest BCUT2D eigenvalue weighted by Gasteiger charge is -1.96. The van der Waals surface area contributed by atoms with Crippen LogP contribution < -0.4 is 0 Å². The van der Waals surface area contributed by atoms with Crippen LogP contribution in [0.15, 0.2) is 35.3 Å². The Balaban J connectivity index is 2.55. The standard InChI is InChI=1S/C11H14ClN/c1-2-3-9-11(12)13-10-7-5-4-6-8-10/h4-8H,2-3,9H2,1H3. The summed E-state index contributed by atoms with van der Waals surface area (Å²) >= 11 is 5.94. The Bertz CT molecular complexity index is 267. The van der Waals surface area contributed by atoms with Crippen molar-refractivity contribution in [1.82, 2.24) is 0 Å². The molecule has 0 N–H and O–H groups in total. The Morgan fingerprint density at radius 1 is 1.31 bits per heavy atom. The molecule has 0 aliphatic carbocycles. The average Bonchev–Trinajstić information content (AvgIpc) is 2.16. The third-order valence-electron chi connectivity index (χ3n) is 1.74. The van der Waals surface area contributed by atoms with E-state index in [-0.39, 0.29) is 0 Å². The van der Waals surface area contributed by atoms with Crippen molar-refractivity contribution >= 4 is 22.5 Å². The first kappa shape index (κ1) is 10.3. The first-order chi connectivity index (χ1) is 6.33. The summed E-state index contributed by atoms with van der Waals surface area (Å²) in [5.74, 6) is 0. The lowest BCUT2D eigenvalue weighted by atomic mass is 10.2. The van der Waals surface area contributed by atoms with Gasteiger partial charge in [-0.05, 0) is 18.6 Å². The summed E-state index contributed by atoms with van der Waals surface area (Å²) in [7, 11) is 0. The van der Waals surface area contributed by atoms with E-state index in [1.807, 2.05) is 30.3 Å². The van der Waals surface area contributed by atoms with Crippen molar-refractivity contribution in [2.45, 2.75) is 26.2 Å². The number of unbranched alkanes of at least 4 members (excludes halogenated alkanes) is 1. The molecule has 0 saturated heterocycles. The normalized spacial score (nSPS) is 11.7. The van der Waals surface area contributed by atoms with Crippen molar-refractivity contribution in [3.05, 3.63) is 30.3 Å². The van der Waals surface area contributed by atoms with Crippen molar-refractivity contribution < 1.29 is 0 Å². The van der Waals surface area contributed by atoms with Crippen molar-refractivity contribution in [2.75, 3.05) is 0 Å². The number of hydrogen-bond donors (Lipinski definition) is 0. The van der Waals surface area contributed by atoms with Crippen molar-refractivity contribution in [3.63, 3.8) is 0 Å². The highest BCUT2D eigenvalue weighted by atomic mass is 35.5. The maximum atomic E-state index is 5.94. The fourth-order valence-electron chi connectivity index (χ4n) is 1.02. The van der Waals surface area contributed by atoms with Gasteiger partial charge in [0.25, 0.3) is 0 Å². The van der Waals surface area contributed by atoms with Gasteiger partial charge in [-0.1, -0.05) is 43.1 Å². The quantitative estimate of drug-likeness (QED) is 0.641. The molecule has 0 amide bonds. The Hall–Kier alpha value is -0.820. The second-order valence-electron chi connectivity index (χ2n) is 2.93. The maximum Gasteiger partial charge on any atom is 0.106 e. The monoisotopic (exact) mass is 195 g/mol. The van der Waals surface area contributed by atoms with E-state index in [1.165, 1.54) is 0 Å². The van der Waals surface area contributed by atoms with E-state index in [9.17, 15) is 0 Å². The van der Waals surface area contributed by atoms with Gasteiger partial charge >= 0.3 is 0 Å². The van der Waals surface area contributed by atoms with Gasteiger partial charge in [0.15, 0.2) is 0 Å². The summed E-state index contributed by atoms with van der Waals surface area (Å²) < 4.78 is 0. The van der Waals surface area contributed by atoms with Gasteiger partial charge in [-0.25, -0.2) is 4.99 Å². The Morgan fingerprint density at radius 3 is 2.62 bits per heavy atom. The summed E-state index contributed by atoms with van der Waals surface area (Å²) in [5, 5.41) is 0.702. The molecule has 0 bridgehead atoms. The summed E-state index contributed by atoms with van der Waals surface area (Å²) in [4.78, 5) is 4.28. The first-order valence-electron chi connectivity index (χ1n) is 4.61. The average molecular weight is 196 g/mol. The topological polar surface area (TPSA) is 12.4 Å². The van der Waals surface area contributed by atoms with Crippen LogP contribution in [0.2, 0.25) is 0 Å². The fraction of sp³-hybridized carbons (Fsp3) is 0.364. The van der Waals surface area contributed by atoms with E-state index < -0.39 is 0 Å². The molecule has 70 valence electrons. The number of hydrogen-bond acceptors (Lipinski definition) is 1. The largest absolute Gasteiger partial charge is 0.241 e. The fourth-order valence-corrected chi connectivity index (χ4v) is 1.25. The van der Waals surface area contributed by atoms with Crippen molar-refractivity contribution in [3.8, 4) is 0 Å².